The quantitative estimate of drug-likeness (QED) is 0.0254. The third-order valence-corrected chi connectivity index (χ3v) is 14.0. The number of phosphoric acid groups is 1. The number of nitriles is 1. The van der Waals surface area contributed by atoms with Gasteiger partial charge in [-0.1, -0.05) is 214 Å². The van der Waals surface area contributed by atoms with Gasteiger partial charge >= 0.3 is 19.8 Å². The first kappa shape index (κ1) is 65.9. The maximum atomic E-state index is 13.9. The summed E-state index contributed by atoms with van der Waals surface area (Å²) in [6, 6.07) is 2.01. The summed E-state index contributed by atoms with van der Waals surface area (Å²) in [5, 5.41) is 9.14. The van der Waals surface area contributed by atoms with Crippen LogP contribution in [0.25, 0.3) is 0 Å². The lowest BCUT2D eigenvalue weighted by molar-refractivity contribution is -0.928. The molecule has 0 N–H and O–H groups in total. The van der Waals surface area contributed by atoms with Crippen LogP contribution in [0.3, 0.4) is 0 Å². The van der Waals surface area contributed by atoms with Crippen molar-refractivity contribution in [2.75, 3.05) is 52.6 Å². The van der Waals surface area contributed by atoms with Gasteiger partial charge in [-0.2, -0.15) is 5.26 Å². The molecule has 0 bridgehead atoms. The smallest absolute Gasteiger partial charge is 0.475 e. The molecule has 2 unspecified atom stereocenters. The van der Waals surface area contributed by atoms with Crippen LogP contribution in [0.5, 0.6) is 0 Å². The second-order valence-electron chi connectivity index (χ2n) is 18.7. The van der Waals surface area contributed by atoms with Gasteiger partial charge in [0.05, 0.1) is 45.3 Å². The van der Waals surface area contributed by atoms with Gasteiger partial charge in [0.1, 0.15) is 19.8 Å². The Bertz CT molecular complexity index is 1120. The van der Waals surface area contributed by atoms with Crippen LogP contribution in [0.2, 0.25) is 0 Å². The summed E-state index contributed by atoms with van der Waals surface area (Å²) in [5.41, 5.74) is 0. The lowest BCUT2D eigenvalue weighted by Gasteiger charge is -2.38. The normalized spacial score (nSPS) is 12.9. The second-order valence-corrected chi connectivity index (χ2v) is 20.4. The summed E-state index contributed by atoms with van der Waals surface area (Å²) in [5.74, 6) is -0.747. The van der Waals surface area contributed by atoms with Crippen LogP contribution in [-0.2, 0) is 37.2 Å². The monoisotopic (exact) mass is 963 g/mol. The van der Waals surface area contributed by atoms with E-state index in [4.69, 9.17) is 28.3 Å². The molecule has 0 fully saturated rings. The van der Waals surface area contributed by atoms with E-state index in [-0.39, 0.29) is 57.6 Å². The van der Waals surface area contributed by atoms with Crippen molar-refractivity contribution in [2.45, 2.75) is 272 Å². The molecule has 0 aromatic heterocycles. The van der Waals surface area contributed by atoms with Gasteiger partial charge in [0.2, 0.25) is 0 Å². The Hall–Kier alpha value is -1.21. The van der Waals surface area contributed by atoms with Gasteiger partial charge in [0, 0.05) is 12.8 Å². The van der Waals surface area contributed by atoms with E-state index in [1.165, 1.54) is 154 Å². The van der Waals surface area contributed by atoms with Crippen molar-refractivity contribution >= 4 is 19.8 Å². The summed E-state index contributed by atoms with van der Waals surface area (Å²) < 4.78 is 43.5. The van der Waals surface area contributed by atoms with Crippen molar-refractivity contribution in [3.8, 4) is 6.07 Å². The fourth-order valence-corrected chi connectivity index (χ4v) is 10.0. The molecule has 12 heteroatoms. The first-order chi connectivity index (χ1) is 31.2. The van der Waals surface area contributed by atoms with Crippen molar-refractivity contribution in [3.63, 3.8) is 0 Å². The van der Waals surface area contributed by atoms with E-state index in [0.717, 1.165) is 81.9 Å². The predicted octanol–water partition coefficient (Wildman–Crippen LogP) is 13.1. The minimum atomic E-state index is -4.13. The molecule has 0 saturated carbocycles. The van der Waals surface area contributed by atoms with E-state index in [2.05, 4.69) is 34.6 Å². The fourth-order valence-electron chi connectivity index (χ4n) is 8.83. The number of carbonyl (C=O) groups is 2. The number of ether oxygens (including phenoxy) is 2. The number of unbranched alkanes of at least 4 members (excludes halogenated alkanes) is 28. The third kappa shape index (κ3) is 42.6. The van der Waals surface area contributed by atoms with Crippen LogP contribution in [0.1, 0.15) is 266 Å². The molecule has 0 heterocycles. The van der Waals surface area contributed by atoms with E-state index < -0.39 is 19.9 Å². The van der Waals surface area contributed by atoms with E-state index in [1.807, 2.05) is 6.07 Å². The van der Waals surface area contributed by atoms with E-state index in [1.54, 1.807) is 0 Å². The molecule has 2 atom stereocenters. The zero-order chi connectivity index (χ0) is 47.1. The molecule has 0 amide bonds. The Kier molecular flexibility index (Phi) is 49.9. The maximum absolute atomic E-state index is 13.9. The lowest BCUT2D eigenvalue weighted by Crippen LogP contribution is -3.00. The van der Waals surface area contributed by atoms with Gasteiger partial charge in [-0.05, 0) is 32.1 Å². The molecule has 0 saturated heterocycles. The van der Waals surface area contributed by atoms with E-state index in [9.17, 15) is 14.2 Å². The van der Waals surface area contributed by atoms with Crippen LogP contribution in [0.15, 0.2) is 0 Å². The molecule has 0 aliphatic rings. The van der Waals surface area contributed by atoms with Gasteiger partial charge in [0.25, 0.3) is 0 Å². The van der Waals surface area contributed by atoms with Gasteiger partial charge in [0.15, 0.2) is 6.10 Å². The third-order valence-electron chi connectivity index (χ3n) is 12.5. The highest BCUT2D eigenvalue weighted by molar-refractivity contribution is 7.48. The van der Waals surface area contributed by atoms with Crippen LogP contribution in [-0.4, -0.2) is 75.1 Å². The number of esters is 2. The van der Waals surface area contributed by atoms with E-state index >= 15 is 0 Å². The summed E-state index contributed by atoms with van der Waals surface area (Å²) in [7, 11) is -4.13. The molecule has 386 valence electrons. The summed E-state index contributed by atoms with van der Waals surface area (Å²) in [6.45, 7) is 14.2. The minimum absolute atomic E-state index is 0. The maximum Gasteiger partial charge on any atom is 0.475 e. The first-order valence-electron chi connectivity index (χ1n) is 27.3. The van der Waals surface area contributed by atoms with Crippen molar-refractivity contribution in [3.05, 3.63) is 0 Å². The molecule has 0 rings (SSSR count). The highest BCUT2D eigenvalue weighted by atomic mass is 35.5. The standard InChI is InChI=1S/C53H104N2O8P.ClH/c1-6-11-13-15-17-19-21-23-25-27-29-31-33-35-37-40-52(56)59-49-51(63-53(57)41-38-36-34-32-30-28-26-24-22-20-18-16-14-12-7-2)50-62-64(58,60-47-39-42-54)61-48-46-55(43-8-3,44-9-4)45-10-5;/h51H,6-41,43-50H2,1-5H3;1H/q+1;/p-1. The van der Waals surface area contributed by atoms with Gasteiger partial charge in [-0.3, -0.25) is 23.2 Å². The fraction of sp³-hybridized carbons (Fsp3) is 0.943. The number of phosphoric ester groups is 1. The average Bonchev–Trinajstić information content (AvgIpc) is 3.27. The van der Waals surface area contributed by atoms with Gasteiger partial charge in [-0.15, -0.1) is 0 Å². The van der Waals surface area contributed by atoms with Gasteiger partial charge < -0.3 is 26.4 Å². The highest BCUT2D eigenvalue weighted by Crippen LogP contribution is 2.49. The number of nitrogens with zero attached hydrogens (tertiary/aromatic N) is 2. The summed E-state index contributed by atoms with van der Waals surface area (Å²) >= 11 is 0. The zero-order valence-electron chi connectivity index (χ0n) is 43.2. The Morgan fingerprint density at radius 3 is 1.18 bits per heavy atom. The molecule has 0 aromatic carbocycles. The number of carbonyl (C=O) groups excluding carboxylic acids is 2. The number of rotatable bonds is 51. The molecule has 10 nitrogen and oxygen atoms in total. The molecule has 0 radical (unpaired) electrons. The van der Waals surface area contributed by atoms with Crippen LogP contribution >= 0.6 is 7.82 Å². The zero-order valence-corrected chi connectivity index (χ0v) is 44.8. The SMILES string of the molecule is CCCCCCCCCCCCCCCCCC(=O)OCC(COP(=O)(OCCC#N)OCC[N+](CCC)(CCC)CCC)OC(=O)CCCCCCCCCCCCCCCCC.[Cl-]. The summed E-state index contributed by atoms with van der Waals surface area (Å²) in [6.07, 6.45) is 40.1. The van der Waals surface area contributed by atoms with Crippen molar-refractivity contribution in [1.29, 1.82) is 5.26 Å². The number of hydrogen-bond acceptors (Lipinski definition) is 9. The first-order valence-corrected chi connectivity index (χ1v) is 28.8. The van der Waals surface area contributed by atoms with E-state index in [0.29, 0.717) is 13.0 Å². The number of quaternary nitrogens is 1. The second kappa shape index (κ2) is 49.2. The minimum Gasteiger partial charge on any atom is -1.00 e. The topological polar surface area (TPSA) is 121 Å². The Morgan fingerprint density at radius 2 is 0.815 bits per heavy atom. The van der Waals surface area contributed by atoms with Crippen LogP contribution in [0.4, 0.5) is 0 Å². The number of halogens is 1. The lowest BCUT2D eigenvalue weighted by atomic mass is 10.0. The molecular formula is C53H104ClN2O8P. The molecule has 65 heavy (non-hydrogen) atoms. The molecule has 0 aliphatic carbocycles. The highest BCUT2D eigenvalue weighted by Gasteiger charge is 2.32. The Morgan fingerprint density at radius 1 is 0.462 bits per heavy atom. The van der Waals surface area contributed by atoms with Crippen molar-refractivity contribution in [1.82, 2.24) is 0 Å². The number of hydrogen-bond donors (Lipinski definition) is 0. The molecular weight excluding hydrogens is 859 g/mol. The average molecular weight is 964 g/mol. The molecule has 0 aliphatic heterocycles. The van der Waals surface area contributed by atoms with Crippen LogP contribution in [0, 0.1) is 11.3 Å². The summed E-state index contributed by atoms with van der Waals surface area (Å²) in [4.78, 5) is 25.9. The predicted molar refractivity (Wildman–Crippen MR) is 266 cm³/mol. The van der Waals surface area contributed by atoms with Gasteiger partial charge in [-0.25, -0.2) is 4.57 Å². The molecule has 0 spiro atoms. The van der Waals surface area contributed by atoms with Crippen LogP contribution < -0.4 is 12.4 Å². The largest absolute Gasteiger partial charge is 1.00 e. The molecule has 0 aromatic rings. The van der Waals surface area contributed by atoms with Crippen molar-refractivity contribution < 1.29 is 54.1 Å². The Balaban J connectivity index is 0. The Labute approximate surface area is 408 Å². The van der Waals surface area contributed by atoms with Crippen molar-refractivity contribution in [2.24, 2.45) is 0 Å².